The molecule has 4 heteroatoms. The largest absolute Gasteiger partial charge is 0.381 e. The molecule has 0 spiro atoms. The van der Waals surface area contributed by atoms with Crippen LogP contribution in [0, 0.1) is 0 Å². The van der Waals surface area contributed by atoms with Crippen molar-refractivity contribution in [2.75, 3.05) is 19.0 Å². The molecule has 0 radical (unpaired) electrons. The van der Waals surface area contributed by atoms with Crippen LogP contribution in [0.1, 0.15) is 5.56 Å². The highest BCUT2D eigenvalue weighted by Gasteiger charge is 2.04. The molecular weight excluding hydrogens is 277 g/mol. The van der Waals surface area contributed by atoms with Gasteiger partial charge in [0.2, 0.25) is 0 Å². The van der Waals surface area contributed by atoms with Gasteiger partial charge in [-0.3, -0.25) is 0 Å². The zero-order chi connectivity index (χ0) is 11.1. The monoisotopic (exact) mass is 289 g/mol. The van der Waals surface area contributed by atoms with Crippen LogP contribution in [-0.4, -0.2) is 13.7 Å². The van der Waals surface area contributed by atoms with Crippen LogP contribution < -0.4 is 5.32 Å². The third-order valence-corrected chi connectivity index (χ3v) is 2.83. The number of rotatable bonds is 5. The predicted molar refractivity (Wildman–Crippen MR) is 68.3 cm³/mol. The molecule has 0 saturated heterocycles. The van der Waals surface area contributed by atoms with Crippen LogP contribution in [0.3, 0.4) is 0 Å². The van der Waals surface area contributed by atoms with Crippen LogP contribution in [0.15, 0.2) is 34.3 Å². The highest BCUT2D eigenvalue weighted by atomic mass is 79.9. The summed E-state index contributed by atoms with van der Waals surface area (Å²) >= 11 is 8.94. The summed E-state index contributed by atoms with van der Waals surface area (Å²) in [5.74, 6) is 0. The molecule has 0 aromatic heterocycles. The molecule has 0 aliphatic carbocycles. The Morgan fingerprint density at radius 3 is 3.00 bits per heavy atom. The van der Waals surface area contributed by atoms with Crippen LogP contribution >= 0.6 is 27.5 Å². The Balaban J connectivity index is 2.80. The summed E-state index contributed by atoms with van der Waals surface area (Å²) in [7, 11) is 1.68. The summed E-state index contributed by atoms with van der Waals surface area (Å²) in [6.07, 6.45) is 1.85. The highest BCUT2D eigenvalue weighted by Crippen LogP contribution is 2.25. The number of halogens is 2. The topological polar surface area (TPSA) is 21.3 Å². The molecule has 0 unspecified atom stereocenters. The summed E-state index contributed by atoms with van der Waals surface area (Å²) < 4.78 is 6.19. The fourth-order valence-corrected chi connectivity index (χ4v) is 1.80. The number of hydrogen-bond acceptors (Lipinski definition) is 2. The maximum atomic E-state index is 5.45. The quantitative estimate of drug-likeness (QED) is 0.891. The van der Waals surface area contributed by atoms with Crippen molar-refractivity contribution in [2.45, 2.75) is 6.61 Å². The lowest BCUT2D eigenvalue weighted by Gasteiger charge is -2.11. The van der Waals surface area contributed by atoms with Gasteiger partial charge in [-0.15, -0.1) is 0 Å². The van der Waals surface area contributed by atoms with E-state index in [0.29, 0.717) is 13.2 Å². The van der Waals surface area contributed by atoms with E-state index in [1.807, 2.05) is 24.3 Å². The van der Waals surface area contributed by atoms with Gasteiger partial charge in [0.25, 0.3) is 0 Å². The Kier molecular flexibility index (Phi) is 5.76. The van der Waals surface area contributed by atoms with Crippen LogP contribution in [0.5, 0.6) is 0 Å². The maximum absolute atomic E-state index is 5.45. The lowest BCUT2D eigenvalue weighted by molar-refractivity contribution is 0.185. The Morgan fingerprint density at radius 1 is 1.53 bits per heavy atom. The van der Waals surface area contributed by atoms with E-state index in [2.05, 4.69) is 21.2 Å². The SMILES string of the molecule is COCc1c(Br)cccc1NC/C=C/Cl. The molecule has 0 atom stereocenters. The van der Waals surface area contributed by atoms with E-state index in [1.165, 1.54) is 5.54 Å². The molecule has 0 aliphatic heterocycles. The van der Waals surface area contributed by atoms with E-state index in [1.54, 1.807) is 7.11 Å². The normalized spacial score (nSPS) is 10.9. The van der Waals surface area contributed by atoms with Gasteiger partial charge >= 0.3 is 0 Å². The average molecular weight is 291 g/mol. The Morgan fingerprint density at radius 2 is 2.33 bits per heavy atom. The molecule has 0 aliphatic rings. The van der Waals surface area contributed by atoms with Crippen LogP contribution in [0.2, 0.25) is 0 Å². The van der Waals surface area contributed by atoms with Crippen molar-refractivity contribution in [2.24, 2.45) is 0 Å². The Hall–Kier alpha value is -0.510. The van der Waals surface area contributed by atoms with Crippen molar-refractivity contribution in [1.29, 1.82) is 0 Å². The van der Waals surface area contributed by atoms with Crippen LogP contribution in [-0.2, 0) is 11.3 Å². The molecule has 15 heavy (non-hydrogen) atoms. The average Bonchev–Trinajstić information content (AvgIpc) is 2.23. The number of benzene rings is 1. The molecule has 2 nitrogen and oxygen atoms in total. The Bertz CT molecular complexity index is 341. The smallest absolute Gasteiger partial charge is 0.0744 e. The van der Waals surface area contributed by atoms with Gasteiger partial charge < -0.3 is 10.1 Å². The second-order valence-corrected chi connectivity index (χ2v) is 4.05. The van der Waals surface area contributed by atoms with Gasteiger partial charge in [-0.05, 0) is 12.1 Å². The van der Waals surface area contributed by atoms with Gasteiger partial charge in [-0.25, -0.2) is 0 Å². The molecule has 0 fully saturated rings. The Labute approximate surface area is 103 Å². The van der Waals surface area contributed by atoms with E-state index in [0.717, 1.165) is 15.7 Å². The number of methoxy groups -OCH3 is 1. The summed E-state index contributed by atoms with van der Waals surface area (Å²) in [6, 6.07) is 5.99. The van der Waals surface area contributed by atoms with Gasteiger partial charge in [0, 0.05) is 34.9 Å². The number of nitrogens with one attached hydrogen (secondary N) is 1. The minimum absolute atomic E-state index is 0.578. The molecule has 0 saturated carbocycles. The minimum atomic E-state index is 0.578. The third kappa shape index (κ3) is 3.86. The zero-order valence-electron chi connectivity index (χ0n) is 8.47. The van der Waals surface area contributed by atoms with Crippen molar-refractivity contribution in [3.05, 3.63) is 39.8 Å². The first-order chi connectivity index (χ1) is 7.29. The second kappa shape index (κ2) is 6.88. The first-order valence-corrected chi connectivity index (χ1v) is 5.78. The summed E-state index contributed by atoms with van der Waals surface area (Å²) in [5, 5.41) is 3.26. The zero-order valence-corrected chi connectivity index (χ0v) is 10.8. The fraction of sp³-hybridized carbons (Fsp3) is 0.273. The van der Waals surface area contributed by atoms with E-state index < -0.39 is 0 Å². The lowest BCUT2D eigenvalue weighted by Crippen LogP contribution is -2.03. The van der Waals surface area contributed by atoms with Gasteiger partial charge in [-0.2, -0.15) is 0 Å². The van der Waals surface area contributed by atoms with E-state index in [9.17, 15) is 0 Å². The first kappa shape index (κ1) is 12.6. The maximum Gasteiger partial charge on any atom is 0.0744 e. The van der Waals surface area contributed by atoms with Crippen molar-refractivity contribution < 1.29 is 4.74 Å². The van der Waals surface area contributed by atoms with Crippen LogP contribution in [0.25, 0.3) is 0 Å². The number of anilines is 1. The highest BCUT2D eigenvalue weighted by molar-refractivity contribution is 9.10. The summed E-state index contributed by atoms with van der Waals surface area (Å²) in [6.45, 7) is 1.28. The number of hydrogen-bond donors (Lipinski definition) is 1. The van der Waals surface area contributed by atoms with Crippen molar-refractivity contribution in [3.8, 4) is 0 Å². The molecule has 1 N–H and O–H groups in total. The van der Waals surface area contributed by atoms with Gasteiger partial charge in [0.05, 0.1) is 6.61 Å². The minimum Gasteiger partial charge on any atom is -0.381 e. The third-order valence-electron chi connectivity index (χ3n) is 1.91. The fourth-order valence-electron chi connectivity index (χ4n) is 1.23. The van der Waals surface area contributed by atoms with Gasteiger partial charge in [-0.1, -0.05) is 39.7 Å². The molecular formula is C11H13BrClNO. The molecule has 0 amide bonds. The summed E-state index contributed by atoms with van der Waals surface area (Å²) in [5.41, 5.74) is 3.67. The standard InChI is InChI=1S/C11H13BrClNO/c1-15-8-9-10(12)4-2-5-11(9)14-7-3-6-13/h2-6,14H,7-8H2,1H3/b6-3+. The first-order valence-electron chi connectivity index (χ1n) is 4.55. The summed E-state index contributed by atoms with van der Waals surface area (Å²) in [4.78, 5) is 0. The van der Waals surface area contributed by atoms with Crippen molar-refractivity contribution in [3.63, 3.8) is 0 Å². The molecule has 1 rings (SSSR count). The molecule has 1 aromatic rings. The molecule has 0 heterocycles. The predicted octanol–water partition coefficient (Wildman–Crippen LogP) is 3.76. The van der Waals surface area contributed by atoms with Gasteiger partial charge in [0.1, 0.15) is 0 Å². The lowest BCUT2D eigenvalue weighted by atomic mass is 10.2. The van der Waals surface area contributed by atoms with Crippen molar-refractivity contribution in [1.82, 2.24) is 0 Å². The second-order valence-electron chi connectivity index (χ2n) is 2.94. The van der Waals surface area contributed by atoms with Crippen molar-refractivity contribution >= 4 is 33.2 Å². The van der Waals surface area contributed by atoms with E-state index >= 15 is 0 Å². The van der Waals surface area contributed by atoms with Crippen LogP contribution in [0.4, 0.5) is 5.69 Å². The van der Waals surface area contributed by atoms with E-state index in [-0.39, 0.29) is 0 Å². The molecule has 0 bridgehead atoms. The number of ether oxygens (including phenoxy) is 1. The molecule has 82 valence electrons. The van der Waals surface area contributed by atoms with E-state index in [4.69, 9.17) is 16.3 Å². The van der Waals surface area contributed by atoms with Gasteiger partial charge in [0.15, 0.2) is 0 Å². The molecule has 1 aromatic carbocycles.